The molecule has 0 spiro atoms. The Labute approximate surface area is 172 Å². The summed E-state index contributed by atoms with van der Waals surface area (Å²) in [6.45, 7) is 3.61. The molecule has 2 aromatic rings. The number of methoxy groups -OCH3 is 2. The predicted molar refractivity (Wildman–Crippen MR) is 112 cm³/mol. The lowest BCUT2D eigenvalue weighted by Crippen LogP contribution is -2.47. The maximum Gasteiger partial charge on any atom is 0.246 e. The van der Waals surface area contributed by atoms with Crippen molar-refractivity contribution in [3.8, 4) is 11.5 Å². The zero-order chi connectivity index (χ0) is 21.2. The van der Waals surface area contributed by atoms with E-state index >= 15 is 0 Å². The molecule has 0 heterocycles. The molecule has 156 valence electrons. The van der Waals surface area contributed by atoms with Crippen molar-refractivity contribution >= 4 is 21.4 Å². The van der Waals surface area contributed by atoms with E-state index in [1.807, 2.05) is 13.0 Å². The SMILES string of the molecule is COc1cc(NC(=O)C2(S(=O)(=O)c3cc(C)ccc3C)CCCC2)cc(OC)c1. The molecule has 0 unspecified atom stereocenters. The van der Waals surface area contributed by atoms with Crippen molar-refractivity contribution in [1.29, 1.82) is 0 Å². The van der Waals surface area contributed by atoms with Gasteiger partial charge in [0.2, 0.25) is 5.91 Å². The van der Waals surface area contributed by atoms with Crippen LogP contribution in [-0.2, 0) is 14.6 Å². The van der Waals surface area contributed by atoms with Crippen molar-refractivity contribution in [1.82, 2.24) is 0 Å². The summed E-state index contributed by atoms with van der Waals surface area (Å²) in [6, 6.07) is 10.3. The van der Waals surface area contributed by atoms with Crippen LogP contribution in [0.2, 0.25) is 0 Å². The van der Waals surface area contributed by atoms with Gasteiger partial charge in [0, 0.05) is 23.9 Å². The van der Waals surface area contributed by atoms with Crippen molar-refractivity contribution in [2.75, 3.05) is 19.5 Å². The van der Waals surface area contributed by atoms with Crippen LogP contribution in [0.5, 0.6) is 11.5 Å². The molecular weight excluding hydrogens is 390 g/mol. The topological polar surface area (TPSA) is 81.7 Å². The first-order valence-corrected chi connectivity index (χ1v) is 11.1. The van der Waals surface area contributed by atoms with E-state index in [9.17, 15) is 13.2 Å². The van der Waals surface area contributed by atoms with E-state index in [0.717, 1.165) is 5.56 Å². The molecule has 0 aliphatic heterocycles. The van der Waals surface area contributed by atoms with Crippen LogP contribution in [0.15, 0.2) is 41.3 Å². The zero-order valence-electron chi connectivity index (χ0n) is 17.2. The maximum absolute atomic E-state index is 13.7. The highest BCUT2D eigenvalue weighted by atomic mass is 32.2. The highest BCUT2D eigenvalue weighted by Gasteiger charge is 2.53. The quantitative estimate of drug-likeness (QED) is 0.767. The molecule has 1 aliphatic carbocycles. The first kappa shape index (κ1) is 21.2. The molecule has 7 heteroatoms. The second-order valence-corrected chi connectivity index (χ2v) is 9.76. The normalized spacial score (nSPS) is 15.7. The third-order valence-corrected chi connectivity index (χ3v) is 8.22. The lowest BCUT2D eigenvalue weighted by atomic mass is 10.1. The molecule has 1 N–H and O–H groups in total. The Hall–Kier alpha value is -2.54. The number of anilines is 1. The monoisotopic (exact) mass is 417 g/mol. The van der Waals surface area contributed by atoms with Gasteiger partial charge in [-0.15, -0.1) is 0 Å². The second kappa shape index (κ2) is 8.06. The number of ether oxygens (including phenoxy) is 2. The van der Waals surface area contributed by atoms with Gasteiger partial charge in [-0.05, 0) is 43.9 Å². The van der Waals surface area contributed by atoms with Gasteiger partial charge in [0.1, 0.15) is 11.5 Å². The Bertz CT molecular complexity index is 1000. The molecule has 1 fully saturated rings. The van der Waals surface area contributed by atoms with Gasteiger partial charge in [0.15, 0.2) is 14.6 Å². The van der Waals surface area contributed by atoms with Crippen molar-refractivity contribution in [3.63, 3.8) is 0 Å². The molecule has 0 bridgehead atoms. The fraction of sp³-hybridized carbons (Fsp3) is 0.409. The van der Waals surface area contributed by atoms with Crippen LogP contribution in [0.25, 0.3) is 0 Å². The van der Waals surface area contributed by atoms with Crippen LogP contribution >= 0.6 is 0 Å². The fourth-order valence-electron chi connectivity index (χ4n) is 3.90. The number of amides is 1. The first-order valence-electron chi connectivity index (χ1n) is 9.60. The number of rotatable bonds is 6. The molecule has 29 heavy (non-hydrogen) atoms. The van der Waals surface area contributed by atoms with Gasteiger partial charge in [0.05, 0.1) is 19.1 Å². The Morgan fingerprint density at radius 2 is 1.55 bits per heavy atom. The number of benzene rings is 2. The van der Waals surface area contributed by atoms with E-state index in [1.54, 1.807) is 37.3 Å². The number of hydrogen-bond donors (Lipinski definition) is 1. The smallest absolute Gasteiger partial charge is 0.246 e. The average molecular weight is 418 g/mol. The van der Waals surface area contributed by atoms with Crippen molar-refractivity contribution in [2.45, 2.75) is 49.2 Å². The molecule has 1 aliphatic rings. The summed E-state index contributed by atoms with van der Waals surface area (Å²) in [5, 5.41) is 2.81. The van der Waals surface area contributed by atoms with E-state index in [-0.39, 0.29) is 4.90 Å². The lowest BCUT2D eigenvalue weighted by molar-refractivity contribution is -0.118. The molecule has 3 rings (SSSR count). The van der Waals surface area contributed by atoms with Crippen molar-refractivity contribution in [3.05, 3.63) is 47.5 Å². The predicted octanol–water partition coefficient (Wildman–Crippen LogP) is 4.05. The zero-order valence-corrected chi connectivity index (χ0v) is 18.1. The Balaban J connectivity index is 2.03. The highest BCUT2D eigenvalue weighted by Crippen LogP contribution is 2.42. The van der Waals surface area contributed by atoms with E-state index in [0.29, 0.717) is 48.4 Å². The van der Waals surface area contributed by atoms with Crippen LogP contribution in [0.1, 0.15) is 36.8 Å². The van der Waals surface area contributed by atoms with Crippen LogP contribution < -0.4 is 14.8 Å². The average Bonchev–Trinajstić information content (AvgIpc) is 3.21. The minimum atomic E-state index is -3.88. The summed E-state index contributed by atoms with van der Waals surface area (Å²) < 4.78 is 36.4. The minimum Gasteiger partial charge on any atom is -0.497 e. The van der Waals surface area contributed by atoms with Gasteiger partial charge < -0.3 is 14.8 Å². The largest absolute Gasteiger partial charge is 0.497 e. The van der Waals surface area contributed by atoms with Gasteiger partial charge in [-0.2, -0.15) is 0 Å². The summed E-state index contributed by atoms with van der Waals surface area (Å²) in [4.78, 5) is 13.6. The lowest BCUT2D eigenvalue weighted by Gasteiger charge is -2.28. The fourth-order valence-corrected chi connectivity index (χ4v) is 6.27. The van der Waals surface area contributed by atoms with Gasteiger partial charge >= 0.3 is 0 Å². The Kier molecular flexibility index (Phi) is 5.89. The van der Waals surface area contributed by atoms with Crippen LogP contribution in [0, 0.1) is 13.8 Å². The van der Waals surface area contributed by atoms with Crippen molar-refractivity contribution < 1.29 is 22.7 Å². The minimum absolute atomic E-state index is 0.234. The molecular formula is C22H27NO5S. The standard InChI is InChI=1S/C22H27NO5S/c1-15-7-8-16(2)20(11-15)29(25,26)22(9-5-6-10-22)21(24)23-17-12-18(27-3)14-19(13-17)28-4/h7-8,11-14H,5-6,9-10H2,1-4H3,(H,23,24). The number of aryl methyl sites for hydroxylation is 2. The van der Waals surface area contributed by atoms with Gasteiger partial charge in [0.25, 0.3) is 0 Å². The van der Waals surface area contributed by atoms with Gasteiger partial charge in [-0.3, -0.25) is 4.79 Å². The van der Waals surface area contributed by atoms with Gasteiger partial charge in [-0.25, -0.2) is 8.42 Å². The van der Waals surface area contributed by atoms with E-state index in [4.69, 9.17) is 9.47 Å². The number of carbonyl (C=O) groups is 1. The summed E-state index contributed by atoms with van der Waals surface area (Å²) in [7, 11) is -0.843. The molecule has 0 aromatic heterocycles. The Morgan fingerprint density at radius 1 is 0.966 bits per heavy atom. The molecule has 1 amide bonds. The van der Waals surface area contributed by atoms with Gasteiger partial charge in [-0.1, -0.05) is 25.0 Å². The Morgan fingerprint density at radius 3 is 2.10 bits per heavy atom. The van der Waals surface area contributed by atoms with E-state index in [2.05, 4.69) is 5.32 Å². The number of hydrogen-bond acceptors (Lipinski definition) is 5. The van der Waals surface area contributed by atoms with E-state index < -0.39 is 20.5 Å². The van der Waals surface area contributed by atoms with Crippen molar-refractivity contribution in [2.24, 2.45) is 0 Å². The van der Waals surface area contributed by atoms with Crippen LogP contribution in [-0.4, -0.2) is 33.3 Å². The number of carbonyl (C=O) groups excluding carboxylic acids is 1. The molecule has 6 nitrogen and oxygen atoms in total. The molecule has 1 saturated carbocycles. The maximum atomic E-state index is 13.7. The van der Waals surface area contributed by atoms with Crippen LogP contribution in [0.4, 0.5) is 5.69 Å². The summed E-state index contributed by atoms with van der Waals surface area (Å²) in [6.07, 6.45) is 1.99. The summed E-state index contributed by atoms with van der Waals surface area (Å²) in [5.74, 6) is 0.515. The highest BCUT2D eigenvalue weighted by molar-refractivity contribution is 7.93. The molecule has 0 saturated heterocycles. The van der Waals surface area contributed by atoms with E-state index in [1.165, 1.54) is 14.2 Å². The number of nitrogens with one attached hydrogen (secondary N) is 1. The third kappa shape index (κ3) is 3.83. The first-order chi connectivity index (χ1) is 13.7. The molecule has 2 aromatic carbocycles. The molecule has 0 atom stereocenters. The number of sulfone groups is 1. The molecule has 0 radical (unpaired) electrons. The third-order valence-electron chi connectivity index (χ3n) is 5.58. The van der Waals surface area contributed by atoms with Crippen LogP contribution in [0.3, 0.4) is 0 Å². The summed E-state index contributed by atoms with van der Waals surface area (Å²) in [5.41, 5.74) is 1.94. The summed E-state index contributed by atoms with van der Waals surface area (Å²) >= 11 is 0. The second-order valence-electron chi connectivity index (χ2n) is 7.53.